The lowest BCUT2D eigenvalue weighted by Gasteiger charge is -2.45. The summed E-state index contributed by atoms with van der Waals surface area (Å²) in [5.41, 5.74) is 3.58. The predicted octanol–water partition coefficient (Wildman–Crippen LogP) is 2.43. The minimum atomic E-state index is -2.58. The number of aromatic hydroxyl groups is 1. The van der Waals surface area contributed by atoms with Gasteiger partial charge in [-0.2, -0.15) is 0 Å². The van der Waals surface area contributed by atoms with Crippen LogP contribution in [-0.2, 0) is 16.0 Å². The summed E-state index contributed by atoms with van der Waals surface area (Å²) in [6.07, 6.45) is 5.42. The van der Waals surface area contributed by atoms with Gasteiger partial charge in [0, 0.05) is 42.1 Å². The number of aliphatic hydroxyl groups is 3. The number of primary amides is 1. The van der Waals surface area contributed by atoms with Gasteiger partial charge in [0.25, 0.3) is 5.91 Å². The number of hydrogen-bond acceptors (Lipinski definition) is 8. The fraction of sp³-hybridized carbons (Fsp3) is 0.214. The quantitative estimate of drug-likeness (QED) is 0.332. The summed E-state index contributed by atoms with van der Waals surface area (Å²) in [4.78, 5) is 43.1. The lowest BCUT2D eigenvalue weighted by atomic mass is 9.60. The highest BCUT2D eigenvalue weighted by atomic mass is 16.3. The topological polar surface area (TPSA) is 176 Å². The average Bonchev–Trinajstić information content (AvgIpc) is 3.41. The van der Waals surface area contributed by atoms with Gasteiger partial charge in [0.2, 0.25) is 5.78 Å². The molecule has 192 valence electrons. The van der Waals surface area contributed by atoms with Gasteiger partial charge in [-0.05, 0) is 60.2 Å². The van der Waals surface area contributed by atoms with Crippen LogP contribution in [-0.4, -0.2) is 53.1 Å². The highest BCUT2D eigenvalue weighted by molar-refractivity contribution is 6.24. The lowest BCUT2D eigenvalue weighted by molar-refractivity contribution is -0.144. The molecule has 10 nitrogen and oxygen atoms in total. The second-order valence-corrected chi connectivity index (χ2v) is 9.89. The number of amides is 1. The molecule has 2 heterocycles. The van der Waals surface area contributed by atoms with Crippen LogP contribution in [0.25, 0.3) is 16.9 Å². The number of carbonyl (C=O) groups excluding carboxylic acids is 3. The van der Waals surface area contributed by atoms with E-state index in [0.717, 1.165) is 0 Å². The van der Waals surface area contributed by atoms with Gasteiger partial charge >= 0.3 is 0 Å². The number of nitrogens with two attached hydrogens (primary N) is 1. The van der Waals surface area contributed by atoms with E-state index in [0.29, 0.717) is 22.5 Å². The molecule has 3 aliphatic rings. The van der Waals surface area contributed by atoms with Crippen molar-refractivity contribution in [2.45, 2.75) is 24.9 Å². The number of carbonyl (C=O) groups is 3. The number of phenols is 1. The molecule has 6 rings (SSSR count). The molecular formula is C28H23N3O7. The molecule has 0 radical (unpaired) electrons. The first-order valence-corrected chi connectivity index (χ1v) is 12.0. The summed E-state index contributed by atoms with van der Waals surface area (Å²) in [5, 5.41) is 43.5. The van der Waals surface area contributed by atoms with Crippen molar-refractivity contribution in [2.75, 3.05) is 0 Å². The summed E-state index contributed by atoms with van der Waals surface area (Å²) in [6, 6.07) is 10.5. The molecule has 0 spiro atoms. The van der Waals surface area contributed by atoms with Crippen LogP contribution in [0.15, 0.2) is 77.7 Å². The molecule has 2 aromatic heterocycles. The third-order valence-corrected chi connectivity index (χ3v) is 7.87. The molecule has 6 N–H and O–H groups in total. The van der Waals surface area contributed by atoms with Gasteiger partial charge in [0.1, 0.15) is 28.7 Å². The number of ketones is 2. The molecular weight excluding hydrogens is 490 g/mol. The molecule has 0 aliphatic heterocycles. The Morgan fingerprint density at radius 1 is 1.05 bits per heavy atom. The van der Waals surface area contributed by atoms with Crippen LogP contribution >= 0.6 is 0 Å². The first-order chi connectivity index (χ1) is 18.1. The van der Waals surface area contributed by atoms with Crippen LogP contribution in [0.2, 0.25) is 0 Å². The minimum Gasteiger partial charge on any atom is -0.511 e. The SMILES string of the molecule is NC(=O)C1=C(O)C[C@@H]2C[C@@H]3Cc4c(-c5ccc(-n6cccc6)nc5)ccc(O)c4C(=O)C3=C(O)[C@]2(O)C1=O. The Balaban J connectivity index is 1.46. The number of rotatable bonds is 3. The Hall–Kier alpha value is -4.70. The van der Waals surface area contributed by atoms with Crippen LogP contribution in [0, 0.1) is 11.8 Å². The van der Waals surface area contributed by atoms with Crippen molar-refractivity contribution in [2.24, 2.45) is 17.6 Å². The van der Waals surface area contributed by atoms with E-state index in [4.69, 9.17) is 5.73 Å². The van der Waals surface area contributed by atoms with E-state index in [2.05, 4.69) is 4.98 Å². The molecule has 0 fully saturated rings. The zero-order chi connectivity index (χ0) is 26.9. The molecule has 1 amide bonds. The van der Waals surface area contributed by atoms with Gasteiger partial charge in [-0.1, -0.05) is 6.07 Å². The summed E-state index contributed by atoms with van der Waals surface area (Å²) < 4.78 is 1.85. The number of Topliss-reactive ketones (excluding diaryl/α,β-unsaturated/α-hetero) is 2. The fourth-order valence-corrected chi connectivity index (χ4v) is 6.08. The Bertz CT molecular complexity index is 1600. The third kappa shape index (κ3) is 3.16. The van der Waals surface area contributed by atoms with E-state index >= 15 is 0 Å². The number of phenolic OH excluding ortho intramolecular Hbond substituents is 1. The molecule has 3 aliphatic carbocycles. The molecule has 38 heavy (non-hydrogen) atoms. The first kappa shape index (κ1) is 23.7. The van der Waals surface area contributed by atoms with Crippen molar-refractivity contribution in [3.63, 3.8) is 0 Å². The van der Waals surface area contributed by atoms with Crippen molar-refractivity contribution in [1.29, 1.82) is 0 Å². The molecule has 0 bridgehead atoms. The number of allylic oxidation sites excluding steroid dienone is 2. The lowest BCUT2D eigenvalue weighted by Crippen LogP contribution is -2.57. The maximum Gasteiger partial charge on any atom is 0.255 e. The highest BCUT2D eigenvalue weighted by Gasteiger charge is 2.59. The standard InChI is InChI=1S/C28H23N3O7/c29-27(37)23-19(33)11-15-9-14-10-17-16(13-3-6-20(30-12-13)31-7-1-2-8-31)4-5-18(32)22(17)24(34)21(14)25(35)28(15,38)26(23)36/h1-8,12,14-15,32-33,35,38H,9-11H2,(H2,29,37)/t14-,15+,28+/m1/s1. The van der Waals surface area contributed by atoms with Crippen LogP contribution in [0.5, 0.6) is 5.75 Å². The van der Waals surface area contributed by atoms with Crippen molar-refractivity contribution in [1.82, 2.24) is 9.55 Å². The van der Waals surface area contributed by atoms with E-state index in [-0.39, 0.29) is 36.1 Å². The molecule has 0 saturated heterocycles. The minimum absolute atomic E-state index is 0.0337. The van der Waals surface area contributed by atoms with E-state index in [1.165, 1.54) is 6.07 Å². The average molecular weight is 514 g/mol. The third-order valence-electron chi connectivity index (χ3n) is 7.87. The molecule has 1 aromatic carbocycles. The number of hydrogen-bond donors (Lipinski definition) is 5. The number of fused-ring (bicyclic) bond motifs is 3. The maximum atomic E-state index is 13.7. The number of pyridine rings is 1. The number of aromatic nitrogens is 2. The van der Waals surface area contributed by atoms with Crippen LogP contribution in [0.3, 0.4) is 0 Å². The van der Waals surface area contributed by atoms with Crippen molar-refractivity contribution in [3.8, 4) is 22.7 Å². The molecule has 3 atom stereocenters. The van der Waals surface area contributed by atoms with Crippen molar-refractivity contribution < 1.29 is 34.8 Å². The van der Waals surface area contributed by atoms with E-state index in [9.17, 15) is 34.8 Å². The second kappa shape index (κ2) is 8.15. The monoisotopic (exact) mass is 513 g/mol. The Morgan fingerprint density at radius 2 is 1.79 bits per heavy atom. The van der Waals surface area contributed by atoms with E-state index in [1.807, 2.05) is 41.2 Å². The summed E-state index contributed by atoms with van der Waals surface area (Å²) in [6.45, 7) is 0. The van der Waals surface area contributed by atoms with Gasteiger partial charge < -0.3 is 30.7 Å². The van der Waals surface area contributed by atoms with Crippen LogP contribution in [0.4, 0.5) is 0 Å². The fourth-order valence-electron chi connectivity index (χ4n) is 6.08. The number of benzene rings is 1. The smallest absolute Gasteiger partial charge is 0.255 e. The van der Waals surface area contributed by atoms with E-state index in [1.54, 1.807) is 12.3 Å². The molecule has 0 unspecified atom stereocenters. The van der Waals surface area contributed by atoms with Gasteiger partial charge in [0.05, 0.1) is 5.56 Å². The van der Waals surface area contributed by atoms with Crippen molar-refractivity contribution in [3.05, 3.63) is 88.8 Å². The largest absolute Gasteiger partial charge is 0.511 e. The zero-order valence-corrected chi connectivity index (χ0v) is 20.0. The Morgan fingerprint density at radius 3 is 2.45 bits per heavy atom. The highest BCUT2D eigenvalue weighted by Crippen LogP contribution is 2.52. The van der Waals surface area contributed by atoms with Gasteiger partial charge in [-0.3, -0.25) is 14.4 Å². The predicted molar refractivity (Wildman–Crippen MR) is 133 cm³/mol. The molecule has 10 heteroatoms. The summed E-state index contributed by atoms with van der Waals surface area (Å²) in [7, 11) is 0. The normalized spacial score (nSPS) is 24.7. The zero-order valence-electron chi connectivity index (χ0n) is 20.0. The maximum absolute atomic E-state index is 13.7. The van der Waals surface area contributed by atoms with Gasteiger partial charge in [0.15, 0.2) is 11.4 Å². The first-order valence-electron chi connectivity index (χ1n) is 12.0. The summed E-state index contributed by atoms with van der Waals surface area (Å²) >= 11 is 0. The van der Waals surface area contributed by atoms with Gasteiger partial charge in [-0.25, -0.2) is 4.98 Å². The number of aliphatic hydroxyl groups excluding tert-OH is 2. The van der Waals surface area contributed by atoms with Crippen LogP contribution < -0.4 is 5.73 Å². The van der Waals surface area contributed by atoms with Gasteiger partial charge in [-0.15, -0.1) is 0 Å². The molecule has 3 aromatic rings. The van der Waals surface area contributed by atoms with Crippen LogP contribution in [0.1, 0.15) is 28.8 Å². The number of nitrogens with zero attached hydrogens (tertiary/aromatic N) is 2. The Labute approximate surface area is 216 Å². The second-order valence-electron chi connectivity index (χ2n) is 9.89. The Kier molecular flexibility index (Phi) is 5.08. The molecule has 0 saturated carbocycles. The van der Waals surface area contributed by atoms with Crippen molar-refractivity contribution >= 4 is 17.5 Å². The summed E-state index contributed by atoms with van der Waals surface area (Å²) in [5.74, 6) is -5.81. The van der Waals surface area contributed by atoms with E-state index < -0.39 is 52.0 Å².